The van der Waals surface area contributed by atoms with Crippen molar-refractivity contribution in [1.29, 1.82) is 0 Å². The molecular formula is C8H10O4. The van der Waals surface area contributed by atoms with Gasteiger partial charge in [0.15, 0.2) is 0 Å². The van der Waals surface area contributed by atoms with Crippen LogP contribution in [0.15, 0.2) is 0 Å². The molecule has 0 amide bonds. The quantitative estimate of drug-likeness (QED) is 0.460. The third-order valence-corrected chi connectivity index (χ3v) is 3.48. The largest absolute Gasteiger partial charge is 0.459 e. The minimum absolute atomic E-state index is 0.184. The van der Waals surface area contributed by atoms with E-state index in [2.05, 4.69) is 0 Å². The summed E-state index contributed by atoms with van der Waals surface area (Å²) in [5, 5.41) is 18.8. The SMILES string of the molecule is O=C1O[C@@H]2C3C[C@]13C[C@@H](O)[C@H]2O. The summed E-state index contributed by atoms with van der Waals surface area (Å²) < 4.78 is 4.97. The molecule has 2 bridgehead atoms. The smallest absolute Gasteiger partial charge is 0.312 e. The molecular weight excluding hydrogens is 160 g/mol. The summed E-state index contributed by atoms with van der Waals surface area (Å²) in [5.41, 5.74) is -0.399. The third-order valence-electron chi connectivity index (χ3n) is 3.48. The lowest BCUT2D eigenvalue weighted by atomic mass is 9.86. The number of rotatable bonds is 0. The van der Waals surface area contributed by atoms with E-state index in [4.69, 9.17) is 4.74 Å². The number of esters is 1. The van der Waals surface area contributed by atoms with Crippen LogP contribution in [0, 0.1) is 11.3 Å². The molecule has 1 aliphatic heterocycles. The van der Waals surface area contributed by atoms with Crippen LogP contribution in [0.5, 0.6) is 0 Å². The highest BCUT2D eigenvalue weighted by molar-refractivity contribution is 5.84. The van der Waals surface area contributed by atoms with E-state index in [-0.39, 0.29) is 11.9 Å². The highest BCUT2D eigenvalue weighted by atomic mass is 16.6. The molecule has 2 saturated carbocycles. The van der Waals surface area contributed by atoms with Gasteiger partial charge in [-0.05, 0) is 12.8 Å². The molecule has 0 aromatic carbocycles. The molecule has 66 valence electrons. The fraction of sp³-hybridized carbons (Fsp3) is 0.875. The van der Waals surface area contributed by atoms with Crippen molar-refractivity contribution >= 4 is 5.97 Å². The van der Waals surface area contributed by atoms with E-state index >= 15 is 0 Å². The molecule has 4 nitrogen and oxygen atoms in total. The molecule has 1 saturated heterocycles. The van der Waals surface area contributed by atoms with Gasteiger partial charge in [0.2, 0.25) is 0 Å². The Hall–Kier alpha value is -0.610. The van der Waals surface area contributed by atoms with E-state index in [9.17, 15) is 15.0 Å². The first-order chi connectivity index (χ1) is 5.65. The lowest BCUT2D eigenvalue weighted by Crippen LogP contribution is -2.41. The monoisotopic (exact) mass is 170 g/mol. The maximum Gasteiger partial charge on any atom is 0.312 e. The summed E-state index contributed by atoms with van der Waals surface area (Å²) in [5.74, 6) is -0.0310. The second kappa shape index (κ2) is 1.67. The molecule has 12 heavy (non-hydrogen) atoms. The lowest BCUT2D eigenvalue weighted by molar-refractivity contribution is -0.151. The third kappa shape index (κ3) is 0.528. The zero-order valence-corrected chi connectivity index (χ0v) is 6.43. The van der Waals surface area contributed by atoms with Gasteiger partial charge in [0.05, 0.1) is 11.5 Å². The van der Waals surface area contributed by atoms with Crippen molar-refractivity contribution in [2.24, 2.45) is 11.3 Å². The molecule has 3 fully saturated rings. The predicted molar refractivity (Wildman–Crippen MR) is 37.1 cm³/mol. The minimum atomic E-state index is -0.864. The Morgan fingerprint density at radius 1 is 1.42 bits per heavy atom. The topological polar surface area (TPSA) is 66.8 Å². The van der Waals surface area contributed by atoms with E-state index in [0.29, 0.717) is 6.42 Å². The Morgan fingerprint density at radius 3 is 2.83 bits per heavy atom. The second-order valence-corrected chi connectivity index (χ2v) is 4.10. The van der Waals surface area contributed by atoms with Crippen LogP contribution >= 0.6 is 0 Å². The van der Waals surface area contributed by atoms with Gasteiger partial charge in [-0.1, -0.05) is 0 Å². The minimum Gasteiger partial charge on any atom is -0.459 e. The molecule has 2 aliphatic carbocycles. The van der Waals surface area contributed by atoms with Crippen LogP contribution in [0.4, 0.5) is 0 Å². The lowest BCUT2D eigenvalue weighted by Gasteiger charge is -2.25. The fourth-order valence-corrected chi connectivity index (χ4v) is 2.66. The van der Waals surface area contributed by atoms with Crippen molar-refractivity contribution in [3.05, 3.63) is 0 Å². The van der Waals surface area contributed by atoms with E-state index in [0.717, 1.165) is 6.42 Å². The summed E-state index contributed by atoms with van der Waals surface area (Å²) in [6, 6.07) is 0. The van der Waals surface area contributed by atoms with Gasteiger partial charge in [-0.25, -0.2) is 0 Å². The number of carbonyl (C=O) groups excluding carboxylic acids is 1. The van der Waals surface area contributed by atoms with Crippen molar-refractivity contribution in [3.63, 3.8) is 0 Å². The molecule has 3 rings (SSSR count). The number of carbonyl (C=O) groups is 1. The van der Waals surface area contributed by atoms with Crippen LogP contribution in [-0.4, -0.2) is 34.5 Å². The zero-order valence-electron chi connectivity index (χ0n) is 6.43. The fourth-order valence-electron chi connectivity index (χ4n) is 2.66. The molecule has 2 N–H and O–H groups in total. The van der Waals surface area contributed by atoms with Crippen molar-refractivity contribution in [1.82, 2.24) is 0 Å². The zero-order chi connectivity index (χ0) is 8.51. The standard InChI is InChI=1S/C8H10O4/c9-4-2-8-1-3(8)6(5(4)10)12-7(8)11/h3-6,9-10H,1-2H2/t3?,4-,5-,6-,8-/m1/s1. The molecule has 1 heterocycles. The first-order valence-corrected chi connectivity index (χ1v) is 4.22. The van der Waals surface area contributed by atoms with E-state index < -0.39 is 23.7 Å². The van der Waals surface area contributed by atoms with Gasteiger partial charge in [-0.2, -0.15) is 0 Å². The molecule has 1 unspecified atom stereocenters. The molecule has 4 heteroatoms. The van der Waals surface area contributed by atoms with Crippen molar-refractivity contribution in [2.75, 3.05) is 0 Å². The molecule has 5 atom stereocenters. The molecule has 0 aromatic rings. The first-order valence-electron chi connectivity index (χ1n) is 4.22. The van der Waals surface area contributed by atoms with Gasteiger partial charge in [-0.15, -0.1) is 0 Å². The Balaban J connectivity index is 2.01. The second-order valence-electron chi connectivity index (χ2n) is 4.10. The normalized spacial score (nSPS) is 61.0. The van der Waals surface area contributed by atoms with Gasteiger partial charge in [0.25, 0.3) is 0 Å². The van der Waals surface area contributed by atoms with Crippen molar-refractivity contribution in [2.45, 2.75) is 31.2 Å². The summed E-state index contributed by atoms with van der Waals surface area (Å²) in [4.78, 5) is 11.3. The first kappa shape index (κ1) is 6.86. The van der Waals surface area contributed by atoms with Gasteiger partial charge < -0.3 is 14.9 Å². The Labute approximate surface area is 69.1 Å². The van der Waals surface area contributed by atoms with Crippen LogP contribution in [0.3, 0.4) is 0 Å². The van der Waals surface area contributed by atoms with E-state index in [1.807, 2.05) is 0 Å². The number of aliphatic hydroxyl groups is 2. The molecule has 3 aliphatic rings. The average Bonchev–Trinajstić information content (AvgIpc) is 2.69. The van der Waals surface area contributed by atoms with Crippen LogP contribution in [-0.2, 0) is 9.53 Å². The molecule has 0 spiro atoms. The molecule has 0 radical (unpaired) electrons. The van der Waals surface area contributed by atoms with Crippen LogP contribution < -0.4 is 0 Å². The number of hydrogen-bond donors (Lipinski definition) is 2. The van der Waals surface area contributed by atoms with Crippen LogP contribution in [0.25, 0.3) is 0 Å². The Kier molecular flexibility index (Phi) is 0.957. The van der Waals surface area contributed by atoms with Gasteiger partial charge in [0, 0.05) is 5.92 Å². The number of aliphatic hydroxyl groups excluding tert-OH is 2. The highest BCUT2D eigenvalue weighted by Gasteiger charge is 2.75. The number of ether oxygens (including phenoxy) is 1. The van der Waals surface area contributed by atoms with Crippen molar-refractivity contribution < 1.29 is 19.7 Å². The van der Waals surface area contributed by atoms with Crippen molar-refractivity contribution in [3.8, 4) is 0 Å². The maximum atomic E-state index is 11.3. The van der Waals surface area contributed by atoms with Gasteiger partial charge in [-0.3, -0.25) is 4.79 Å². The van der Waals surface area contributed by atoms with E-state index in [1.54, 1.807) is 0 Å². The summed E-state index contributed by atoms with van der Waals surface area (Å²) in [6.45, 7) is 0. The highest BCUT2D eigenvalue weighted by Crippen LogP contribution is 2.66. The van der Waals surface area contributed by atoms with Gasteiger partial charge in [0.1, 0.15) is 12.2 Å². The predicted octanol–water partition coefficient (Wildman–Crippen LogP) is -0.956. The number of hydrogen-bond acceptors (Lipinski definition) is 4. The van der Waals surface area contributed by atoms with Crippen LogP contribution in [0.2, 0.25) is 0 Å². The Morgan fingerprint density at radius 2 is 2.17 bits per heavy atom. The molecule has 0 aromatic heterocycles. The Bertz CT molecular complexity index is 264. The average molecular weight is 170 g/mol. The van der Waals surface area contributed by atoms with Gasteiger partial charge >= 0.3 is 5.97 Å². The summed E-state index contributed by atoms with van der Waals surface area (Å²) in [6.07, 6.45) is -0.891. The van der Waals surface area contributed by atoms with Crippen LogP contribution in [0.1, 0.15) is 12.8 Å². The summed E-state index contributed by atoms with van der Waals surface area (Å²) >= 11 is 0. The summed E-state index contributed by atoms with van der Waals surface area (Å²) in [7, 11) is 0. The maximum absolute atomic E-state index is 11.3. The van der Waals surface area contributed by atoms with E-state index in [1.165, 1.54) is 0 Å².